The molecule has 0 unspecified atom stereocenters. The molecule has 0 amide bonds. The lowest BCUT2D eigenvalue weighted by atomic mass is 10.1. The Morgan fingerprint density at radius 1 is 0.875 bits per heavy atom. The minimum absolute atomic E-state index is 0.445. The number of hydrogen-bond acceptors (Lipinski definition) is 6. The first kappa shape index (κ1) is 15.7. The van der Waals surface area contributed by atoms with Gasteiger partial charge in [0.15, 0.2) is 11.6 Å². The van der Waals surface area contributed by atoms with Gasteiger partial charge in [0.2, 0.25) is 0 Å². The van der Waals surface area contributed by atoms with Gasteiger partial charge in [-0.25, -0.2) is 15.0 Å². The summed E-state index contributed by atoms with van der Waals surface area (Å²) in [5.41, 5.74) is 11.1. The van der Waals surface area contributed by atoms with Crippen molar-refractivity contribution in [2.75, 3.05) is 16.4 Å². The fourth-order valence-electron chi connectivity index (χ4n) is 2.27. The van der Waals surface area contributed by atoms with Crippen molar-refractivity contribution in [1.82, 2.24) is 15.0 Å². The topological polar surface area (TPSA) is 88.8 Å². The van der Waals surface area contributed by atoms with E-state index < -0.39 is 0 Å². The van der Waals surface area contributed by atoms with E-state index in [1.54, 1.807) is 6.20 Å². The van der Waals surface area contributed by atoms with Gasteiger partial charge in [0.25, 0.3) is 0 Å². The largest absolute Gasteiger partial charge is 0.393 e. The van der Waals surface area contributed by atoms with E-state index in [0.29, 0.717) is 23.1 Å². The lowest BCUT2D eigenvalue weighted by Crippen LogP contribution is -2.06. The molecule has 122 valence electrons. The third kappa shape index (κ3) is 3.27. The van der Waals surface area contributed by atoms with Crippen molar-refractivity contribution in [1.29, 1.82) is 0 Å². The molecule has 24 heavy (non-hydrogen) atoms. The molecule has 2 aromatic heterocycles. The van der Waals surface area contributed by atoms with Crippen molar-refractivity contribution in [3.8, 4) is 0 Å². The Bertz CT molecular complexity index is 858. The molecule has 0 atom stereocenters. The van der Waals surface area contributed by atoms with Gasteiger partial charge in [-0.2, -0.15) is 0 Å². The number of hydrogen-bond donors (Lipinski definition) is 3. The van der Waals surface area contributed by atoms with Crippen LogP contribution in [0, 0.1) is 20.8 Å². The van der Waals surface area contributed by atoms with Gasteiger partial charge >= 0.3 is 0 Å². The van der Waals surface area contributed by atoms with Crippen LogP contribution in [0.4, 0.5) is 28.8 Å². The molecule has 0 fully saturated rings. The number of nitrogen functional groups attached to an aromatic ring is 1. The van der Waals surface area contributed by atoms with Crippen LogP contribution in [-0.2, 0) is 0 Å². The minimum atomic E-state index is 0.445. The van der Waals surface area contributed by atoms with E-state index in [-0.39, 0.29) is 0 Å². The van der Waals surface area contributed by atoms with Crippen molar-refractivity contribution >= 4 is 28.8 Å². The second-order valence-electron chi connectivity index (χ2n) is 5.70. The van der Waals surface area contributed by atoms with Gasteiger partial charge in [-0.15, -0.1) is 0 Å². The zero-order chi connectivity index (χ0) is 17.1. The lowest BCUT2D eigenvalue weighted by Gasteiger charge is -2.14. The van der Waals surface area contributed by atoms with E-state index in [1.165, 1.54) is 11.9 Å². The number of anilines is 5. The summed E-state index contributed by atoms with van der Waals surface area (Å²) in [7, 11) is 0. The quantitative estimate of drug-likeness (QED) is 0.676. The third-order valence-electron chi connectivity index (χ3n) is 3.90. The molecule has 6 heteroatoms. The second-order valence-corrected chi connectivity index (χ2v) is 5.70. The van der Waals surface area contributed by atoms with Crippen LogP contribution in [0.15, 0.2) is 42.9 Å². The van der Waals surface area contributed by atoms with E-state index in [9.17, 15) is 0 Å². The fourth-order valence-corrected chi connectivity index (χ4v) is 2.27. The predicted octanol–water partition coefficient (Wildman–Crippen LogP) is 3.87. The van der Waals surface area contributed by atoms with Crippen molar-refractivity contribution in [2.45, 2.75) is 20.8 Å². The third-order valence-corrected chi connectivity index (χ3v) is 3.90. The summed E-state index contributed by atoms with van der Waals surface area (Å²) in [5, 5.41) is 6.40. The van der Waals surface area contributed by atoms with Gasteiger partial charge in [0.05, 0.1) is 0 Å². The highest BCUT2D eigenvalue weighted by Gasteiger charge is 2.10. The fraction of sp³-hybridized carbons (Fsp3) is 0.167. The van der Waals surface area contributed by atoms with E-state index >= 15 is 0 Å². The number of rotatable bonds is 4. The zero-order valence-corrected chi connectivity index (χ0v) is 14.0. The maximum Gasteiger partial charge on any atom is 0.160 e. The van der Waals surface area contributed by atoms with E-state index in [0.717, 1.165) is 16.8 Å². The van der Waals surface area contributed by atoms with Crippen molar-refractivity contribution in [2.24, 2.45) is 0 Å². The number of nitrogens with two attached hydrogens (primary N) is 1. The SMILES string of the molecule is Cc1ccc(Nc2ncnc(Nc3cccc(C)c3C)c2N)nc1. The molecule has 0 saturated carbocycles. The molecule has 1 aromatic carbocycles. The van der Waals surface area contributed by atoms with Crippen LogP contribution < -0.4 is 16.4 Å². The molecular formula is C18H20N6. The van der Waals surface area contributed by atoms with Gasteiger partial charge in [-0.3, -0.25) is 0 Å². The predicted molar refractivity (Wildman–Crippen MR) is 97.9 cm³/mol. The summed E-state index contributed by atoms with van der Waals surface area (Å²) in [4.78, 5) is 12.8. The molecule has 0 saturated heterocycles. The monoisotopic (exact) mass is 320 g/mol. The van der Waals surface area contributed by atoms with Crippen LogP contribution in [0.1, 0.15) is 16.7 Å². The average Bonchev–Trinajstić information content (AvgIpc) is 2.57. The molecule has 3 rings (SSSR count). The van der Waals surface area contributed by atoms with E-state index in [4.69, 9.17) is 5.73 Å². The van der Waals surface area contributed by atoms with Crippen LogP contribution in [-0.4, -0.2) is 15.0 Å². The Labute approximate surface area is 141 Å². The summed E-state index contributed by atoms with van der Waals surface area (Å²) in [5.74, 6) is 1.77. The Kier molecular flexibility index (Phi) is 4.29. The summed E-state index contributed by atoms with van der Waals surface area (Å²) in [6, 6.07) is 9.92. The van der Waals surface area contributed by atoms with Crippen LogP contribution in [0.3, 0.4) is 0 Å². The number of nitrogens with zero attached hydrogens (tertiary/aromatic N) is 3. The van der Waals surface area contributed by atoms with E-state index in [1.807, 2.05) is 31.2 Å². The molecular weight excluding hydrogens is 300 g/mol. The maximum atomic E-state index is 6.22. The second kappa shape index (κ2) is 6.54. The Morgan fingerprint density at radius 2 is 1.62 bits per heavy atom. The summed E-state index contributed by atoms with van der Waals surface area (Å²) >= 11 is 0. The highest BCUT2D eigenvalue weighted by Crippen LogP contribution is 2.29. The Hall–Kier alpha value is -3.15. The van der Waals surface area contributed by atoms with Crippen molar-refractivity contribution in [3.63, 3.8) is 0 Å². The molecule has 0 aliphatic carbocycles. The van der Waals surface area contributed by atoms with Gasteiger partial charge in [0.1, 0.15) is 17.8 Å². The average molecular weight is 320 g/mol. The molecule has 6 nitrogen and oxygen atoms in total. The summed E-state index contributed by atoms with van der Waals surface area (Å²) in [6.45, 7) is 6.12. The first-order chi connectivity index (χ1) is 11.5. The molecule has 0 radical (unpaired) electrons. The standard InChI is InChI=1S/C18H20N6/c1-11-7-8-15(20-9-11)24-18-16(19)17(21-10-22-18)23-14-6-4-5-12(2)13(14)3/h4-10H,19H2,1-3H3,(H2,20,21,22,23,24). The number of pyridine rings is 1. The van der Waals surface area contributed by atoms with Gasteiger partial charge in [0, 0.05) is 11.9 Å². The number of aryl methyl sites for hydroxylation is 2. The number of aromatic nitrogens is 3. The van der Waals surface area contributed by atoms with Gasteiger partial charge in [-0.05, 0) is 49.6 Å². The number of benzene rings is 1. The summed E-state index contributed by atoms with van der Waals surface area (Å²) < 4.78 is 0. The molecule has 4 N–H and O–H groups in total. The molecule has 0 bridgehead atoms. The summed E-state index contributed by atoms with van der Waals surface area (Å²) in [6.07, 6.45) is 3.26. The Balaban J connectivity index is 1.88. The van der Waals surface area contributed by atoms with Gasteiger partial charge in [-0.1, -0.05) is 18.2 Å². The molecule has 2 heterocycles. The molecule has 0 aliphatic heterocycles. The molecule has 0 aliphatic rings. The maximum absolute atomic E-state index is 6.22. The first-order valence-corrected chi connectivity index (χ1v) is 7.68. The molecule has 3 aromatic rings. The highest BCUT2D eigenvalue weighted by molar-refractivity contribution is 5.80. The van der Waals surface area contributed by atoms with Crippen molar-refractivity contribution in [3.05, 3.63) is 59.5 Å². The lowest BCUT2D eigenvalue weighted by molar-refractivity contribution is 1.15. The van der Waals surface area contributed by atoms with E-state index in [2.05, 4.69) is 45.5 Å². The Morgan fingerprint density at radius 3 is 2.33 bits per heavy atom. The highest BCUT2D eigenvalue weighted by atomic mass is 15.1. The molecule has 0 spiro atoms. The normalized spacial score (nSPS) is 10.5. The van der Waals surface area contributed by atoms with Crippen molar-refractivity contribution < 1.29 is 0 Å². The van der Waals surface area contributed by atoms with Crippen LogP contribution >= 0.6 is 0 Å². The smallest absolute Gasteiger partial charge is 0.160 e. The van der Waals surface area contributed by atoms with Crippen LogP contribution in [0.25, 0.3) is 0 Å². The number of nitrogens with one attached hydrogen (secondary N) is 2. The minimum Gasteiger partial charge on any atom is -0.393 e. The van der Waals surface area contributed by atoms with Gasteiger partial charge < -0.3 is 16.4 Å². The van der Waals surface area contributed by atoms with Crippen LogP contribution in [0.5, 0.6) is 0 Å². The van der Waals surface area contributed by atoms with Crippen LogP contribution in [0.2, 0.25) is 0 Å². The zero-order valence-electron chi connectivity index (χ0n) is 14.0. The first-order valence-electron chi connectivity index (χ1n) is 7.68.